The average molecular weight is 354 g/mol. The molecule has 2 heterocycles. The first-order valence-electron chi connectivity index (χ1n) is 8.92. The number of amides is 1. The van der Waals surface area contributed by atoms with Crippen LogP contribution in [-0.2, 0) is 15.9 Å². The maximum atomic E-state index is 12.3. The Labute approximate surface area is 155 Å². The monoisotopic (exact) mass is 354 g/mol. The molecule has 138 valence electrons. The van der Waals surface area contributed by atoms with E-state index >= 15 is 0 Å². The van der Waals surface area contributed by atoms with Crippen LogP contribution in [0.25, 0.3) is 11.1 Å². The summed E-state index contributed by atoms with van der Waals surface area (Å²) in [6.45, 7) is 6.71. The summed E-state index contributed by atoms with van der Waals surface area (Å²) in [4.78, 5) is 18.1. The second-order valence-electron chi connectivity index (χ2n) is 7.63. The number of fused-ring (bicyclic) bond motifs is 1. The van der Waals surface area contributed by atoms with E-state index in [1.165, 1.54) is 5.56 Å². The lowest BCUT2D eigenvalue weighted by molar-refractivity contribution is -0.00162. The number of hydrogen-bond acceptors (Lipinski definition) is 4. The lowest BCUT2D eigenvalue weighted by Gasteiger charge is -2.31. The lowest BCUT2D eigenvalue weighted by Crippen LogP contribution is -2.37. The highest BCUT2D eigenvalue weighted by molar-refractivity contribution is 5.68. The minimum atomic E-state index is -0.510. The van der Waals surface area contributed by atoms with Crippen molar-refractivity contribution in [1.29, 1.82) is 0 Å². The Balaban J connectivity index is 1.80. The van der Waals surface area contributed by atoms with Crippen LogP contribution in [-0.4, -0.2) is 41.8 Å². The van der Waals surface area contributed by atoms with Gasteiger partial charge in [0.2, 0.25) is 0 Å². The van der Waals surface area contributed by atoms with E-state index in [1.54, 1.807) is 18.1 Å². The third kappa shape index (κ3) is 4.41. The molecule has 5 nitrogen and oxygen atoms in total. The number of nitrogens with zero attached hydrogens (tertiary/aromatic N) is 2. The van der Waals surface area contributed by atoms with E-state index < -0.39 is 5.60 Å². The first-order valence-corrected chi connectivity index (χ1v) is 8.92. The molecule has 1 atom stereocenters. The minimum absolute atomic E-state index is 0.159. The number of ether oxygens (including phenoxy) is 2. The van der Waals surface area contributed by atoms with Crippen molar-refractivity contribution in [2.24, 2.45) is 0 Å². The van der Waals surface area contributed by atoms with Gasteiger partial charge in [-0.15, -0.1) is 0 Å². The fourth-order valence-corrected chi connectivity index (χ4v) is 3.05. The normalized spacial score (nSPS) is 16.7. The Morgan fingerprint density at radius 1 is 1.31 bits per heavy atom. The van der Waals surface area contributed by atoms with Crippen LogP contribution < -0.4 is 0 Å². The largest absolute Gasteiger partial charge is 0.444 e. The van der Waals surface area contributed by atoms with Crippen LogP contribution >= 0.6 is 0 Å². The molecule has 0 aliphatic carbocycles. The SMILES string of the molecule is CN(CC1OCCc2ccc(-c3cccnc3)cc21)C(=O)OC(C)(C)C. The Kier molecular flexibility index (Phi) is 5.28. The predicted octanol–water partition coefficient (Wildman–Crippen LogP) is 4.23. The molecule has 0 spiro atoms. The van der Waals surface area contributed by atoms with Crippen LogP contribution in [0, 0.1) is 0 Å². The number of likely N-dealkylation sites (N-methyl/N-ethyl adjacent to an activating group) is 1. The summed E-state index contributed by atoms with van der Waals surface area (Å²) in [5.41, 5.74) is 4.07. The second-order valence-corrected chi connectivity index (χ2v) is 7.63. The molecule has 2 aromatic rings. The van der Waals surface area contributed by atoms with Crippen molar-refractivity contribution in [2.45, 2.75) is 38.9 Å². The zero-order chi connectivity index (χ0) is 18.7. The van der Waals surface area contributed by atoms with Crippen molar-refractivity contribution < 1.29 is 14.3 Å². The van der Waals surface area contributed by atoms with E-state index in [9.17, 15) is 4.79 Å². The zero-order valence-corrected chi connectivity index (χ0v) is 15.9. The fraction of sp³-hybridized carbons (Fsp3) is 0.429. The smallest absolute Gasteiger partial charge is 0.410 e. The summed E-state index contributed by atoms with van der Waals surface area (Å²) in [6, 6.07) is 10.4. The average Bonchev–Trinajstić information content (AvgIpc) is 2.61. The van der Waals surface area contributed by atoms with E-state index in [1.807, 2.05) is 39.1 Å². The van der Waals surface area contributed by atoms with Crippen LogP contribution in [0.5, 0.6) is 0 Å². The highest BCUT2D eigenvalue weighted by atomic mass is 16.6. The number of carbonyl (C=O) groups is 1. The molecule has 0 saturated carbocycles. The van der Waals surface area contributed by atoms with Crippen molar-refractivity contribution in [3.8, 4) is 11.1 Å². The molecule has 26 heavy (non-hydrogen) atoms. The van der Waals surface area contributed by atoms with E-state index in [0.29, 0.717) is 13.2 Å². The van der Waals surface area contributed by atoms with Crippen molar-refractivity contribution in [3.05, 3.63) is 53.9 Å². The van der Waals surface area contributed by atoms with E-state index in [4.69, 9.17) is 9.47 Å². The summed E-state index contributed by atoms with van der Waals surface area (Å²) in [5.74, 6) is 0. The summed E-state index contributed by atoms with van der Waals surface area (Å²) >= 11 is 0. The summed E-state index contributed by atoms with van der Waals surface area (Å²) < 4.78 is 11.4. The lowest BCUT2D eigenvalue weighted by atomic mass is 9.93. The molecule has 1 aromatic carbocycles. The van der Waals surface area contributed by atoms with Crippen LogP contribution in [0.1, 0.15) is 38.0 Å². The third-order valence-electron chi connectivity index (χ3n) is 4.32. The molecule has 0 bridgehead atoms. The van der Waals surface area contributed by atoms with Gasteiger partial charge in [0.05, 0.1) is 13.2 Å². The molecule has 1 amide bonds. The van der Waals surface area contributed by atoms with Crippen LogP contribution in [0.4, 0.5) is 4.79 Å². The Hall–Kier alpha value is -2.40. The zero-order valence-electron chi connectivity index (χ0n) is 15.9. The topological polar surface area (TPSA) is 51.7 Å². The molecule has 0 radical (unpaired) electrons. The van der Waals surface area contributed by atoms with Crippen molar-refractivity contribution in [1.82, 2.24) is 9.88 Å². The van der Waals surface area contributed by atoms with Crippen LogP contribution in [0.15, 0.2) is 42.7 Å². The van der Waals surface area contributed by atoms with Gasteiger partial charge in [-0.25, -0.2) is 4.79 Å². The molecule has 0 saturated heterocycles. The molecule has 1 unspecified atom stereocenters. The van der Waals surface area contributed by atoms with Gasteiger partial charge in [-0.05, 0) is 61.6 Å². The number of rotatable bonds is 3. The molecule has 0 fully saturated rings. The van der Waals surface area contributed by atoms with Gasteiger partial charge in [-0.2, -0.15) is 0 Å². The van der Waals surface area contributed by atoms with Gasteiger partial charge in [0.15, 0.2) is 0 Å². The summed E-state index contributed by atoms with van der Waals surface area (Å²) in [6.07, 6.45) is 4.01. The first-order chi connectivity index (χ1) is 12.3. The summed E-state index contributed by atoms with van der Waals surface area (Å²) in [7, 11) is 1.75. The van der Waals surface area contributed by atoms with E-state index in [2.05, 4.69) is 23.2 Å². The fourth-order valence-electron chi connectivity index (χ4n) is 3.05. The number of pyridine rings is 1. The van der Waals surface area contributed by atoms with Gasteiger partial charge >= 0.3 is 6.09 Å². The second kappa shape index (κ2) is 7.46. The summed E-state index contributed by atoms with van der Waals surface area (Å²) in [5, 5.41) is 0. The van der Waals surface area contributed by atoms with E-state index in [-0.39, 0.29) is 12.2 Å². The number of hydrogen-bond donors (Lipinski definition) is 0. The molecule has 1 aromatic heterocycles. The number of aromatic nitrogens is 1. The molecule has 3 rings (SSSR count). The first kappa shape index (κ1) is 18.4. The van der Waals surface area contributed by atoms with Gasteiger partial charge in [0.25, 0.3) is 0 Å². The van der Waals surface area contributed by atoms with E-state index in [0.717, 1.165) is 23.1 Å². The molecule has 1 aliphatic rings. The van der Waals surface area contributed by atoms with Crippen LogP contribution in [0.3, 0.4) is 0 Å². The third-order valence-corrected chi connectivity index (χ3v) is 4.32. The molecule has 1 aliphatic heterocycles. The quantitative estimate of drug-likeness (QED) is 0.828. The molecule has 0 N–H and O–H groups in total. The van der Waals surface area contributed by atoms with Gasteiger partial charge < -0.3 is 14.4 Å². The Morgan fingerprint density at radius 3 is 2.81 bits per heavy atom. The van der Waals surface area contributed by atoms with Gasteiger partial charge in [-0.3, -0.25) is 4.98 Å². The highest BCUT2D eigenvalue weighted by Crippen LogP contribution is 2.32. The highest BCUT2D eigenvalue weighted by Gasteiger charge is 2.26. The van der Waals surface area contributed by atoms with Crippen LogP contribution in [0.2, 0.25) is 0 Å². The Bertz CT molecular complexity index is 769. The number of benzene rings is 1. The standard InChI is InChI=1S/C21H26N2O3/c1-21(2,3)26-20(24)23(4)14-19-18-12-16(17-6-5-10-22-13-17)8-7-15(18)9-11-25-19/h5-8,10,12-13,19H,9,11,14H2,1-4H3. The predicted molar refractivity (Wildman–Crippen MR) is 101 cm³/mol. The van der Waals surface area contributed by atoms with Crippen molar-refractivity contribution >= 4 is 6.09 Å². The molecular formula is C21H26N2O3. The molecule has 5 heteroatoms. The maximum absolute atomic E-state index is 12.3. The minimum Gasteiger partial charge on any atom is -0.444 e. The Morgan fingerprint density at radius 2 is 2.12 bits per heavy atom. The van der Waals surface area contributed by atoms with Gasteiger partial charge in [0, 0.05) is 19.4 Å². The van der Waals surface area contributed by atoms with Crippen molar-refractivity contribution in [2.75, 3.05) is 20.2 Å². The van der Waals surface area contributed by atoms with Gasteiger partial charge in [0.1, 0.15) is 11.7 Å². The van der Waals surface area contributed by atoms with Gasteiger partial charge in [-0.1, -0.05) is 18.2 Å². The number of carbonyl (C=O) groups excluding carboxylic acids is 1. The van der Waals surface area contributed by atoms with Crippen molar-refractivity contribution in [3.63, 3.8) is 0 Å². The molecular weight excluding hydrogens is 328 g/mol. The maximum Gasteiger partial charge on any atom is 0.410 e.